The molecule has 6 heteroatoms. The quantitative estimate of drug-likeness (QED) is 0.513. The lowest BCUT2D eigenvalue weighted by Crippen LogP contribution is -2.30. The van der Waals surface area contributed by atoms with E-state index in [0.29, 0.717) is 0 Å². The van der Waals surface area contributed by atoms with E-state index in [2.05, 4.69) is 35.9 Å². The van der Waals surface area contributed by atoms with Crippen LogP contribution in [0.25, 0.3) is 0 Å². The van der Waals surface area contributed by atoms with Gasteiger partial charge in [0.05, 0.1) is 0 Å². The largest absolute Gasteiger partial charge is 0.336 e. The molecule has 1 fully saturated rings. The topological polar surface area (TPSA) is 60.0 Å². The second-order valence-corrected chi connectivity index (χ2v) is 7.59. The van der Waals surface area contributed by atoms with Crippen LogP contribution in [0, 0.1) is 0 Å². The third kappa shape index (κ3) is 4.12. The van der Waals surface area contributed by atoms with Crippen LogP contribution in [0.3, 0.4) is 0 Å². The van der Waals surface area contributed by atoms with E-state index < -0.39 is 0 Å². The number of aromatic nitrogens is 3. The minimum absolute atomic E-state index is 0.0611. The Labute approximate surface area is 126 Å². The Morgan fingerprint density at radius 3 is 2.45 bits per heavy atom. The van der Waals surface area contributed by atoms with E-state index in [1.165, 1.54) is 45.3 Å². The van der Waals surface area contributed by atoms with Gasteiger partial charge < -0.3 is 10.7 Å². The fraction of sp³-hybridized carbons (Fsp3) is 0.857. The number of piperidine rings is 1. The molecular formula is C14H27N5S. The SMILES string of the molecule is CC(C)(C)c1nnc(SCCCN2CCCCC2)n1N. The van der Waals surface area contributed by atoms with Crippen LogP contribution in [0.2, 0.25) is 0 Å². The lowest BCUT2D eigenvalue weighted by molar-refractivity contribution is 0.230. The van der Waals surface area contributed by atoms with Gasteiger partial charge in [-0.2, -0.15) is 0 Å². The van der Waals surface area contributed by atoms with E-state index >= 15 is 0 Å². The van der Waals surface area contributed by atoms with Crippen molar-refractivity contribution in [1.82, 2.24) is 19.8 Å². The molecule has 2 N–H and O–H groups in total. The standard InChI is InChI=1S/C14H27N5S/c1-14(2,3)12-16-17-13(19(12)15)20-11-7-10-18-8-5-4-6-9-18/h4-11,15H2,1-3H3. The van der Waals surface area contributed by atoms with Crippen molar-refractivity contribution in [2.45, 2.75) is 57.0 Å². The number of nitrogen functional groups attached to an aromatic ring is 1. The zero-order valence-electron chi connectivity index (χ0n) is 12.9. The number of thioether (sulfide) groups is 1. The Morgan fingerprint density at radius 1 is 1.15 bits per heavy atom. The van der Waals surface area contributed by atoms with Crippen LogP contribution in [0.5, 0.6) is 0 Å². The highest BCUT2D eigenvalue weighted by Crippen LogP contribution is 2.23. The molecule has 1 aliphatic rings. The molecule has 20 heavy (non-hydrogen) atoms. The molecule has 0 bridgehead atoms. The molecule has 0 aliphatic carbocycles. The van der Waals surface area contributed by atoms with Crippen LogP contribution < -0.4 is 5.84 Å². The summed E-state index contributed by atoms with van der Waals surface area (Å²) in [7, 11) is 0. The minimum Gasteiger partial charge on any atom is -0.336 e. The van der Waals surface area contributed by atoms with Gasteiger partial charge in [-0.05, 0) is 38.9 Å². The Hall–Kier alpha value is -0.750. The van der Waals surface area contributed by atoms with E-state index in [1.54, 1.807) is 16.4 Å². The first-order valence-electron chi connectivity index (χ1n) is 7.54. The number of nitrogens with two attached hydrogens (primary N) is 1. The predicted octanol–water partition coefficient (Wildman–Crippen LogP) is 2.26. The average Bonchev–Trinajstić information content (AvgIpc) is 2.77. The Bertz CT molecular complexity index is 418. The van der Waals surface area contributed by atoms with Gasteiger partial charge in [-0.3, -0.25) is 0 Å². The van der Waals surface area contributed by atoms with Crippen molar-refractivity contribution in [2.24, 2.45) is 0 Å². The molecule has 2 heterocycles. The summed E-state index contributed by atoms with van der Waals surface area (Å²) in [6.07, 6.45) is 5.30. The highest BCUT2D eigenvalue weighted by Gasteiger charge is 2.22. The summed E-state index contributed by atoms with van der Waals surface area (Å²) in [5.74, 6) is 7.97. The second kappa shape index (κ2) is 6.80. The molecule has 1 aliphatic heterocycles. The number of hydrogen-bond donors (Lipinski definition) is 1. The maximum Gasteiger partial charge on any atom is 0.209 e. The Balaban J connectivity index is 1.75. The van der Waals surface area contributed by atoms with E-state index in [0.717, 1.165) is 16.7 Å². The first-order chi connectivity index (χ1) is 9.48. The summed E-state index contributed by atoms with van der Waals surface area (Å²) in [5.41, 5.74) is -0.0611. The molecule has 0 unspecified atom stereocenters. The van der Waals surface area contributed by atoms with Crippen LogP contribution in [0.1, 0.15) is 52.3 Å². The van der Waals surface area contributed by atoms with Gasteiger partial charge in [0.2, 0.25) is 5.16 Å². The van der Waals surface area contributed by atoms with Crippen molar-refractivity contribution in [3.8, 4) is 0 Å². The summed E-state index contributed by atoms with van der Waals surface area (Å²) in [5, 5.41) is 9.24. The molecule has 1 aromatic heterocycles. The predicted molar refractivity (Wildman–Crippen MR) is 84.5 cm³/mol. The Morgan fingerprint density at radius 2 is 1.85 bits per heavy atom. The van der Waals surface area contributed by atoms with Crippen molar-refractivity contribution < 1.29 is 0 Å². The molecule has 114 valence electrons. The van der Waals surface area contributed by atoms with Crippen LogP contribution in [-0.2, 0) is 5.41 Å². The first kappa shape index (κ1) is 15.6. The first-order valence-corrected chi connectivity index (χ1v) is 8.53. The summed E-state index contributed by atoms with van der Waals surface area (Å²) < 4.78 is 1.64. The van der Waals surface area contributed by atoms with Gasteiger partial charge in [-0.25, -0.2) is 4.68 Å². The molecule has 0 amide bonds. The highest BCUT2D eigenvalue weighted by molar-refractivity contribution is 7.99. The summed E-state index contributed by atoms with van der Waals surface area (Å²) in [6.45, 7) is 10.0. The van der Waals surface area contributed by atoms with E-state index in [-0.39, 0.29) is 5.41 Å². The number of rotatable bonds is 5. The van der Waals surface area contributed by atoms with Gasteiger partial charge in [-0.1, -0.05) is 39.0 Å². The summed E-state index contributed by atoms with van der Waals surface area (Å²) >= 11 is 1.71. The van der Waals surface area contributed by atoms with Crippen LogP contribution in [0.4, 0.5) is 0 Å². The molecular weight excluding hydrogens is 270 g/mol. The lowest BCUT2D eigenvalue weighted by Gasteiger charge is -2.26. The van der Waals surface area contributed by atoms with Gasteiger partial charge in [0, 0.05) is 11.2 Å². The van der Waals surface area contributed by atoms with Crippen molar-refractivity contribution in [2.75, 3.05) is 31.2 Å². The fourth-order valence-electron chi connectivity index (χ4n) is 2.52. The van der Waals surface area contributed by atoms with Crippen molar-refractivity contribution in [1.29, 1.82) is 0 Å². The summed E-state index contributed by atoms with van der Waals surface area (Å²) in [4.78, 5) is 2.57. The third-order valence-corrected chi connectivity index (χ3v) is 4.66. The number of hydrogen-bond acceptors (Lipinski definition) is 5. The lowest BCUT2D eigenvalue weighted by atomic mass is 9.96. The van der Waals surface area contributed by atoms with Crippen molar-refractivity contribution >= 4 is 11.8 Å². The molecule has 0 saturated carbocycles. The molecule has 0 spiro atoms. The van der Waals surface area contributed by atoms with Gasteiger partial charge >= 0.3 is 0 Å². The molecule has 0 atom stereocenters. The van der Waals surface area contributed by atoms with Crippen LogP contribution >= 0.6 is 11.8 Å². The summed E-state index contributed by atoms with van der Waals surface area (Å²) in [6, 6.07) is 0. The zero-order valence-corrected chi connectivity index (χ0v) is 13.7. The van der Waals surface area contributed by atoms with Gasteiger partial charge in [-0.15, -0.1) is 10.2 Å². The molecule has 1 saturated heterocycles. The molecule has 5 nitrogen and oxygen atoms in total. The van der Waals surface area contributed by atoms with Gasteiger partial charge in [0.25, 0.3) is 0 Å². The Kier molecular flexibility index (Phi) is 5.32. The maximum absolute atomic E-state index is 6.07. The smallest absolute Gasteiger partial charge is 0.209 e. The molecule has 0 aromatic carbocycles. The van der Waals surface area contributed by atoms with Gasteiger partial charge in [0.15, 0.2) is 5.82 Å². The minimum atomic E-state index is -0.0611. The normalized spacial score (nSPS) is 17.6. The number of likely N-dealkylation sites (tertiary alicyclic amines) is 1. The van der Waals surface area contributed by atoms with Crippen molar-refractivity contribution in [3.05, 3.63) is 5.82 Å². The maximum atomic E-state index is 6.07. The monoisotopic (exact) mass is 297 g/mol. The molecule has 1 aromatic rings. The molecule has 0 radical (unpaired) electrons. The number of nitrogens with zero attached hydrogens (tertiary/aromatic N) is 4. The third-order valence-electron chi connectivity index (χ3n) is 3.63. The fourth-order valence-corrected chi connectivity index (χ4v) is 3.30. The highest BCUT2D eigenvalue weighted by atomic mass is 32.2. The van der Waals surface area contributed by atoms with E-state index in [9.17, 15) is 0 Å². The van der Waals surface area contributed by atoms with Crippen LogP contribution in [0.15, 0.2) is 5.16 Å². The van der Waals surface area contributed by atoms with Crippen LogP contribution in [-0.4, -0.2) is 45.2 Å². The zero-order chi connectivity index (χ0) is 14.6. The van der Waals surface area contributed by atoms with Crippen molar-refractivity contribution in [3.63, 3.8) is 0 Å². The second-order valence-electron chi connectivity index (χ2n) is 6.53. The van der Waals surface area contributed by atoms with Gasteiger partial charge in [0.1, 0.15) is 0 Å². The average molecular weight is 297 g/mol. The molecule has 2 rings (SSSR count). The van der Waals surface area contributed by atoms with E-state index in [4.69, 9.17) is 5.84 Å². The van der Waals surface area contributed by atoms with E-state index in [1.807, 2.05) is 0 Å².